The number of H-pyrrole nitrogens is 1. The predicted octanol–water partition coefficient (Wildman–Crippen LogP) is 4.00. The van der Waals surface area contributed by atoms with Gasteiger partial charge in [0, 0.05) is 6.54 Å². The summed E-state index contributed by atoms with van der Waals surface area (Å²) in [5, 5.41) is 19.2. The minimum absolute atomic E-state index is 0.166. The molecule has 0 saturated heterocycles. The molecular weight excluding hydrogens is 380 g/mol. The van der Waals surface area contributed by atoms with Crippen LogP contribution in [0.15, 0.2) is 36.1 Å². The van der Waals surface area contributed by atoms with Gasteiger partial charge in [-0.15, -0.1) is 0 Å². The summed E-state index contributed by atoms with van der Waals surface area (Å²) < 4.78 is 10.6. The van der Waals surface area contributed by atoms with Crippen molar-refractivity contribution in [2.24, 2.45) is 0 Å². The molecule has 2 heterocycles. The molecule has 156 valence electrons. The van der Waals surface area contributed by atoms with Gasteiger partial charge in [0.15, 0.2) is 11.5 Å². The summed E-state index contributed by atoms with van der Waals surface area (Å²) in [5.41, 5.74) is 5.62. The number of aromatic amines is 1. The lowest BCUT2D eigenvalue weighted by Crippen LogP contribution is -2.29. The molecule has 4 rings (SSSR count). The van der Waals surface area contributed by atoms with Crippen molar-refractivity contribution in [1.29, 1.82) is 5.41 Å². The summed E-state index contributed by atoms with van der Waals surface area (Å²) in [6.45, 7) is 5.00. The number of hydrogen-bond donors (Lipinski definition) is 3. The predicted molar refractivity (Wildman–Crippen MR) is 118 cm³/mol. The third-order valence-electron chi connectivity index (χ3n) is 5.63. The van der Waals surface area contributed by atoms with E-state index in [9.17, 15) is 5.11 Å². The second kappa shape index (κ2) is 7.74. The Hall–Kier alpha value is -3.48. The molecule has 0 unspecified atom stereocenters. The molecule has 0 bridgehead atoms. The fourth-order valence-electron chi connectivity index (χ4n) is 3.76. The smallest absolute Gasteiger partial charge is 0.160 e. The number of aromatic nitrogens is 2. The summed E-state index contributed by atoms with van der Waals surface area (Å²) in [5.74, 6) is 2.35. The Labute approximate surface area is 175 Å². The zero-order chi connectivity index (χ0) is 21.4. The van der Waals surface area contributed by atoms with Crippen molar-refractivity contribution in [3.63, 3.8) is 0 Å². The van der Waals surface area contributed by atoms with Crippen molar-refractivity contribution in [2.45, 2.75) is 20.3 Å². The van der Waals surface area contributed by atoms with Crippen LogP contribution in [0.4, 0.5) is 0 Å². The second-order valence-corrected chi connectivity index (χ2v) is 7.57. The molecule has 3 N–H and O–H groups in total. The molecule has 7 heteroatoms. The molecule has 0 fully saturated rings. The fourth-order valence-corrected chi connectivity index (χ4v) is 3.76. The maximum absolute atomic E-state index is 10.6. The Morgan fingerprint density at radius 3 is 2.57 bits per heavy atom. The van der Waals surface area contributed by atoms with Gasteiger partial charge in [0.2, 0.25) is 0 Å². The Bertz CT molecular complexity index is 1120. The molecule has 1 aromatic heterocycles. The minimum atomic E-state index is 0.166. The van der Waals surface area contributed by atoms with E-state index < -0.39 is 0 Å². The third-order valence-corrected chi connectivity index (χ3v) is 5.63. The van der Waals surface area contributed by atoms with E-state index in [0.717, 1.165) is 22.2 Å². The lowest BCUT2D eigenvalue weighted by Gasteiger charge is -2.18. The number of aryl methyl sites for hydroxylation is 2. The molecule has 0 spiro atoms. The number of fused-ring (bicyclic) bond motifs is 1. The lowest BCUT2D eigenvalue weighted by molar-refractivity contribution is 0.349. The molecule has 30 heavy (non-hydrogen) atoms. The van der Waals surface area contributed by atoms with E-state index in [1.807, 2.05) is 42.2 Å². The van der Waals surface area contributed by atoms with Crippen LogP contribution in [0.2, 0.25) is 0 Å². The molecule has 0 amide bonds. The summed E-state index contributed by atoms with van der Waals surface area (Å²) in [6.07, 6.45) is 0.710. The molecule has 3 aromatic rings. The van der Waals surface area contributed by atoms with Crippen LogP contribution in [0.25, 0.3) is 16.6 Å². The van der Waals surface area contributed by atoms with Crippen LogP contribution in [-0.4, -0.2) is 53.1 Å². The summed E-state index contributed by atoms with van der Waals surface area (Å²) >= 11 is 0. The Morgan fingerprint density at radius 2 is 1.83 bits per heavy atom. The van der Waals surface area contributed by atoms with Crippen LogP contribution in [0, 0.1) is 19.3 Å². The number of methoxy groups -OCH3 is 2. The number of nitrogens with one attached hydrogen (secondary N) is 2. The van der Waals surface area contributed by atoms with Crippen molar-refractivity contribution in [1.82, 2.24) is 14.9 Å². The van der Waals surface area contributed by atoms with Gasteiger partial charge in [-0.25, -0.2) is 4.98 Å². The van der Waals surface area contributed by atoms with Crippen molar-refractivity contribution < 1.29 is 14.6 Å². The Morgan fingerprint density at radius 1 is 1.10 bits per heavy atom. The highest BCUT2D eigenvalue weighted by atomic mass is 16.5. The zero-order valence-corrected chi connectivity index (χ0v) is 17.7. The normalized spacial score (nSPS) is 14.1. The van der Waals surface area contributed by atoms with Crippen LogP contribution in [-0.2, 0) is 6.42 Å². The van der Waals surface area contributed by atoms with Crippen LogP contribution >= 0.6 is 0 Å². The lowest BCUT2D eigenvalue weighted by atomic mass is 10.1. The quantitative estimate of drug-likeness (QED) is 0.575. The highest BCUT2D eigenvalue weighted by Gasteiger charge is 2.30. The number of rotatable bonds is 6. The summed E-state index contributed by atoms with van der Waals surface area (Å²) in [7, 11) is 3.22. The molecule has 1 aliphatic rings. The monoisotopic (exact) mass is 406 g/mol. The van der Waals surface area contributed by atoms with Gasteiger partial charge < -0.3 is 24.5 Å². The molecule has 0 radical (unpaired) electrons. The van der Waals surface area contributed by atoms with E-state index in [2.05, 4.69) is 16.9 Å². The van der Waals surface area contributed by atoms with Gasteiger partial charge in [-0.2, -0.15) is 0 Å². The minimum Gasteiger partial charge on any atom is -0.510 e. The fraction of sp³-hybridized carbons (Fsp3) is 0.304. The van der Waals surface area contributed by atoms with Crippen LogP contribution < -0.4 is 9.47 Å². The maximum Gasteiger partial charge on any atom is 0.160 e. The topological polar surface area (TPSA) is 94.5 Å². The Balaban J connectivity index is 1.51. The molecule has 2 aromatic carbocycles. The number of hydrogen-bond acceptors (Lipinski definition) is 5. The average molecular weight is 406 g/mol. The maximum atomic E-state index is 10.6. The van der Waals surface area contributed by atoms with Crippen molar-refractivity contribution >= 4 is 22.4 Å². The van der Waals surface area contributed by atoms with E-state index in [-0.39, 0.29) is 11.6 Å². The molecular formula is C23H26N4O3. The largest absolute Gasteiger partial charge is 0.510 e. The van der Waals surface area contributed by atoms with Gasteiger partial charge in [0.1, 0.15) is 17.4 Å². The zero-order valence-electron chi connectivity index (χ0n) is 17.7. The number of nitrogens with zero attached hydrogens (tertiary/aromatic N) is 2. The number of amidine groups is 1. The standard InChI is InChI=1S/C23H26N4O3/c1-13-9-16-17(10-14(13)2)26-23(25-16)21-18(28)12-27(22(21)24)8-7-15-5-6-19(29-3)20(11-15)30-4/h5-6,9-11,24,28H,7-8,12H2,1-4H3,(H,25,26). The number of imidazole rings is 1. The summed E-state index contributed by atoms with van der Waals surface area (Å²) in [6, 6.07) is 9.88. The summed E-state index contributed by atoms with van der Waals surface area (Å²) in [4.78, 5) is 9.73. The first-order valence-electron chi connectivity index (χ1n) is 9.85. The molecule has 0 saturated carbocycles. The average Bonchev–Trinajstić information content (AvgIpc) is 3.25. The van der Waals surface area contributed by atoms with Gasteiger partial charge >= 0.3 is 0 Å². The van der Waals surface area contributed by atoms with Crippen molar-refractivity contribution in [2.75, 3.05) is 27.3 Å². The molecule has 0 atom stereocenters. The first kappa shape index (κ1) is 19.8. The van der Waals surface area contributed by atoms with Gasteiger partial charge in [-0.05, 0) is 61.2 Å². The van der Waals surface area contributed by atoms with E-state index in [4.69, 9.17) is 14.9 Å². The highest BCUT2D eigenvalue weighted by Crippen LogP contribution is 2.30. The second-order valence-electron chi connectivity index (χ2n) is 7.57. The molecule has 1 aliphatic heterocycles. The molecule has 0 aliphatic carbocycles. The van der Waals surface area contributed by atoms with E-state index >= 15 is 0 Å². The number of benzene rings is 2. The number of aliphatic hydroxyl groups is 1. The molecule has 7 nitrogen and oxygen atoms in total. The van der Waals surface area contributed by atoms with Crippen molar-refractivity contribution in [3.05, 3.63) is 58.6 Å². The van der Waals surface area contributed by atoms with Gasteiger partial charge in [-0.3, -0.25) is 5.41 Å². The van der Waals surface area contributed by atoms with Crippen LogP contribution in [0.1, 0.15) is 22.5 Å². The SMILES string of the molecule is COc1ccc(CCN2CC(O)=C(c3nc4cc(C)c(C)cc4[nH]3)C2=N)cc1OC. The van der Waals surface area contributed by atoms with E-state index in [1.54, 1.807) is 14.2 Å². The van der Waals surface area contributed by atoms with Gasteiger partial charge in [-0.1, -0.05) is 6.07 Å². The van der Waals surface area contributed by atoms with Crippen LogP contribution in [0.5, 0.6) is 11.5 Å². The first-order chi connectivity index (χ1) is 14.4. The first-order valence-corrected chi connectivity index (χ1v) is 9.85. The van der Waals surface area contributed by atoms with Gasteiger partial charge in [0.25, 0.3) is 0 Å². The van der Waals surface area contributed by atoms with Crippen molar-refractivity contribution in [3.8, 4) is 11.5 Å². The third kappa shape index (κ3) is 3.47. The van der Waals surface area contributed by atoms with E-state index in [1.165, 1.54) is 5.56 Å². The Kier molecular flexibility index (Phi) is 5.11. The number of ether oxygens (including phenoxy) is 2. The van der Waals surface area contributed by atoms with Gasteiger partial charge in [0.05, 0.1) is 37.4 Å². The van der Waals surface area contributed by atoms with E-state index in [0.29, 0.717) is 42.4 Å². The number of aliphatic hydroxyl groups excluding tert-OH is 1. The highest BCUT2D eigenvalue weighted by molar-refractivity contribution is 6.23. The van der Waals surface area contributed by atoms with Crippen LogP contribution in [0.3, 0.4) is 0 Å².